The van der Waals surface area contributed by atoms with Crippen molar-refractivity contribution in [3.05, 3.63) is 24.3 Å². The fourth-order valence-electron chi connectivity index (χ4n) is 2.66. The first kappa shape index (κ1) is 13.9. The van der Waals surface area contributed by atoms with Crippen LogP contribution < -0.4 is 5.73 Å². The molecule has 4 unspecified atom stereocenters. The van der Waals surface area contributed by atoms with Crippen molar-refractivity contribution in [3.8, 4) is 0 Å². The van der Waals surface area contributed by atoms with E-state index in [2.05, 4.69) is 15.0 Å². The molecule has 8 heteroatoms. The summed E-state index contributed by atoms with van der Waals surface area (Å²) < 4.78 is 1.62. The van der Waals surface area contributed by atoms with Gasteiger partial charge in [-0.15, -0.1) is 0 Å². The second-order valence-electron chi connectivity index (χ2n) is 5.10. The molecular formula is C13H17N5O3. The number of imidazole rings is 1. The van der Waals surface area contributed by atoms with E-state index in [9.17, 15) is 15.3 Å². The van der Waals surface area contributed by atoms with E-state index in [0.717, 1.165) is 0 Å². The maximum absolute atomic E-state index is 10.2. The minimum Gasteiger partial charge on any atom is -0.389 e. The lowest BCUT2D eigenvalue weighted by molar-refractivity contribution is 0.0221. The van der Waals surface area contributed by atoms with E-state index in [1.807, 2.05) is 0 Å². The van der Waals surface area contributed by atoms with E-state index in [4.69, 9.17) is 5.73 Å². The van der Waals surface area contributed by atoms with Gasteiger partial charge >= 0.3 is 0 Å². The molecule has 0 aromatic carbocycles. The van der Waals surface area contributed by atoms with Gasteiger partial charge in [-0.3, -0.25) is 0 Å². The molecule has 0 spiro atoms. The average molecular weight is 291 g/mol. The third-order valence-electron chi connectivity index (χ3n) is 3.86. The molecule has 1 aliphatic carbocycles. The van der Waals surface area contributed by atoms with Crippen molar-refractivity contribution < 1.29 is 15.3 Å². The zero-order chi connectivity index (χ0) is 15.1. The molecule has 2 aromatic heterocycles. The number of aliphatic hydroxyl groups excluding tert-OH is 3. The van der Waals surface area contributed by atoms with E-state index < -0.39 is 24.4 Å². The van der Waals surface area contributed by atoms with Crippen molar-refractivity contribution in [2.75, 3.05) is 5.73 Å². The smallest absolute Gasteiger partial charge is 0.166 e. The topological polar surface area (TPSA) is 130 Å². The van der Waals surface area contributed by atoms with Crippen LogP contribution >= 0.6 is 0 Å². The van der Waals surface area contributed by atoms with Crippen LogP contribution in [-0.4, -0.2) is 53.2 Å². The van der Waals surface area contributed by atoms with Crippen LogP contribution in [0.2, 0.25) is 0 Å². The number of aliphatic hydroxyl groups is 3. The molecule has 0 aliphatic heterocycles. The number of fused-ring (bicyclic) bond motifs is 1. The number of nitrogens with zero attached hydrogens (tertiary/aromatic N) is 4. The van der Waals surface area contributed by atoms with E-state index in [-0.39, 0.29) is 5.82 Å². The molecule has 21 heavy (non-hydrogen) atoms. The van der Waals surface area contributed by atoms with Crippen molar-refractivity contribution in [1.29, 1.82) is 0 Å². The summed E-state index contributed by atoms with van der Waals surface area (Å²) in [5.74, 6) is 0.254. The third kappa shape index (κ3) is 2.08. The fourth-order valence-corrected chi connectivity index (χ4v) is 2.66. The minimum absolute atomic E-state index is 0.254. The van der Waals surface area contributed by atoms with Crippen LogP contribution in [0.4, 0.5) is 5.82 Å². The molecule has 0 amide bonds. The molecule has 0 bridgehead atoms. The van der Waals surface area contributed by atoms with E-state index in [0.29, 0.717) is 23.2 Å². The minimum atomic E-state index is -1.11. The number of nitrogen functional groups attached to an aromatic ring is 1. The molecule has 3 rings (SSSR count). The van der Waals surface area contributed by atoms with Crippen molar-refractivity contribution in [1.82, 2.24) is 19.5 Å². The maximum Gasteiger partial charge on any atom is 0.166 e. The highest BCUT2D eigenvalue weighted by Gasteiger charge is 2.38. The molecule has 1 aliphatic rings. The maximum atomic E-state index is 10.2. The van der Waals surface area contributed by atoms with Crippen molar-refractivity contribution >= 4 is 17.0 Å². The Bertz CT molecular complexity index is 698. The van der Waals surface area contributed by atoms with Gasteiger partial charge in [0, 0.05) is 0 Å². The van der Waals surface area contributed by atoms with Crippen LogP contribution in [0.15, 0.2) is 24.3 Å². The quantitative estimate of drug-likeness (QED) is 0.554. The Kier molecular flexibility index (Phi) is 3.36. The largest absolute Gasteiger partial charge is 0.389 e. The summed E-state index contributed by atoms with van der Waals surface area (Å²) in [6, 6.07) is -0.560. The Balaban J connectivity index is 2.06. The summed E-state index contributed by atoms with van der Waals surface area (Å²) >= 11 is 0. The van der Waals surface area contributed by atoms with Gasteiger partial charge in [-0.05, 0) is 12.0 Å². The molecule has 2 aromatic rings. The lowest BCUT2D eigenvalue weighted by Crippen LogP contribution is -2.31. The second-order valence-corrected chi connectivity index (χ2v) is 5.10. The number of hydrogen-bond acceptors (Lipinski definition) is 7. The van der Waals surface area contributed by atoms with Gasteiger partial charge < -0.3 is 25.6 Å². The molecule has 0 fully saturated rings. The van der Waals surface area contributed by atoms with Gasteiger partial charge in [0.2, 0.25) is 0 Å². The molecule has 4 atom stereocenters. The normalized spacial score (nSPS) is 27.0. The van der Waals surface area contributed by atoms with Gasteiger partial charge in [-0.25, -0.2) is 15.0 Å². The lowest BCUT2D eigenvalue weighted by Gasteiger charge is -2.20. The van der Waals surface area contributed by atoms with Gasteiger partial charge in [0.15, 0.2) is 11.5 Å². The number of anilines is 1. The van der Waals surface area contributed by atoms with E-state index >= 15 is 0 Å². The van der Waals surface area contributed by atoms with Gasteiger partial charge in [-0.2, -0.15) is 0 Å². The highest BCUT2D eigenvalue weighted by molar-refractivity contribution is 5.81. The summed E-state index contributed by atoms with van der Waals surface area (Å²) in [6.07, 6.45) is 1.96. The highest BCUT2D eigenvalue weighted by Crippen LogP contribution is 2.33. The molecule has 8 nitrogen and oxygen atoms in total. The first-order chi connectivity index (χ1) is 10.0. The predicted octanol–water partition coefficient (Wildman–Crippen LogP) is -0.618. The number of rotatable bonds is 3. The molecule has 112 valence electrons. The van der Waals surface area contributed by atoms with Crippen LogP contribution in [0, 0.1) is 0 Å². The lowest BCUT2D eigenvalue weighted by atomic mass is 10.0. The highest BCUT2D eigenvalue weighted by atomic mass is 16.3. The summed E-state index contributed by atoms with van der Waals surface area (Å²) in [7, 11) is 0. The van der Waals surface area contributed by atoms with Gasteiger partial charge in [0.1, 0.15) is 24.1 Å². The third-order valence-corrected chi connectivity index (χ3v) is 3.86. The van der Waals surface area contributed by atoms with Gasteiger partial charge in [-0.1, -0.05) is 13.0 Å². The molecule has 0 saturated heterocycles. The van der Waals surface area contributed by atoms with Gasteiger partial charge in [0.25, 0.3) is 0 Å². The Morgan fingerprint density at radius 3 is 2.81 bits per heavy atom. The van der Waals surface area contributed by atoms with Crippen LogP contribution in [-0.2, 0) is 0 Å². The van der Waals surface area contributed by atoms with E-state index in [1.54, 1.807) is 17.6 Å². The molecular weight excluding hydrogens is 274 g/mol. The standard InChI is InChI=1S/C13H17N5O3/c1-2-8(19)6-3-7(11(21)10(6)20)18-5-17-9-12(14)15-4-16-13(9)18/h3-5,7-8,10-11,19-21H,2H2,1H3,(H2,14,15,16). The Hall–Kier alpha value is -2.03. The number of nitrogens with two attached hydrogens (primary N) is 1. The van der Waals surface area contributed by atoms with Crippen LogP contribution in [0.1, 0.15) is 19.4 Å². The predicted molar refractivity (Wildman–Crippen MR) is 75.2 cm³/mol. The van der Waals surface area contributed by atoms with Crippen molar-refractivity contribution in [3.63, 3.8) is 0 Å². The van der Waals surface area contributed by atoms with Crippen LogP contribution in [0.25, 0.3) is 11.2 Å². The zero-order valence-electron chi connectivity index (χ0n) is 11.5. The van der Waals surface area contributed by atoms with Crippen LogP contribution in [0.3, 0.4) is 0 Å². The number of aromatic nitrogens is 4. The summed E-state index contributed by atoms with van der Waals surface area (Å²) in [4.78, 5) is 12.1. The van der Waals surface area contributed by atoms with Gasteiger partial charge in [0.05, 0.1) is 18.5 Å². The van der Waals surface area contributed by atoms with Crippen molar-refractivity contribution in [2.24, 2.45) is 0 Å². The zero-order valence-corrected chi connectivity index (χ0v) is 11.5. The Morgan fingerprint density at radius 2 is 2.10 bits per heavy atom. The van der Waals surface area contributed by atoms with E-state index in [1.165, 1.54) is 12.7 Å². The number of hydrogen-bond donors (Lipinski definition) is 4. The average Bonchev–Trinajstić information content (AvgIpc) is 3.02. The molecule has 2 heterocycles. The SMILES string of the molecule is CCC(O)C1=CC(n2cnc3c(N)ncnc32)C(O)C1O. The molecule has 5 N–H and O–H groups in total. The summed E-state index contributed by atoms with van der Waals surface area (Å²) in [6.45, 7) is 1.80. The first-order valence-electron chi connectivity index (χ1n) is 6.73. The first-order valence-corrected chi connectivity index (χ1v) is 6.73. The Labute approximate surface area is 120 Å². The summed E-state index contributed by atoms with van der Waals surface area (Å²) in [5, 5.41) is 30.2. The molecule has 0 radical (unpaired) electrons. The molecule has 0 saturated carbocycles. The fraction of sp³-hybridized carbons (Fsp3) is 0.462. The van der Waals surface area contributed by atoms with Crippen LogP contribution in [0.5, 0.6) is 0 Å². The van der Waals surface area contributed by atoms with Crippen molar-refractivity contribution in [2.45, 2.75) is 37.7 Å². The second kappa shape index (κ2) is 5.06. The monoisotopic (exact) mass is 291 g/mol. The Morgan fingerprint density at radius 1 is 1.33 bits per heavy atom. The summed E-state index contributed by atoms with van der Waals surface area (Å²) in [5.41, 5.74) is 7.06.